The van der Waals surface area contributed by atoms with Gasteiger partial charge in [-0.1, -0.05) is 38.1 Å². The van der Waals surface area contributed by atoms with E-state index in [2.05, 4.69) is 40.9 Å². The first kappa shape index (κ1) is 15.7. The molecule has 114 valence electrons. The topological polar surface area (TPSA) is 74.8 Å². The Labute approximate surface area is 125 Å². The van der Waals surface area contributed by atoms with Crippen molar-refractivity contribution in [3.05, 3.63) is 47.7 Å². The van der Waals surface area contributed by atoms with Crippen molar-refractivity contribution in [1.29, 1.82) is 0 Å². The van der Waals surface area contributed by atoms with Crippen molar-refractivity contribution in [3.8, 4) is 0 Å². The molecule has 2 N–H and O–H groups in total. The molecular formula is C15H21N3O2S. The number of aromatic amines is 1. The van der Waals surface area contributed by atoms with E-state index in [1.54, 1.807) is 0 Å². The van der Waals surface area contributed by atoms with Crippen LogP contribution in [-0.4, -0.2) is 18.6 Å². The van der Waals surface area contributed by atoms with Gasteiger partial charge in [-0.25, -0.2) is 13.1 Å². The molecule has 0 bridgehead atoms. The average Bonchev–Trinajstić information content (AvgIpc) is 2.93. The van der Waals surface area contributed by atoms with Gasteiger partial charge in [0.25, 0.3) is 10.0 Å². The van der Waals surface area contributed by atoms with Gasteiger partial charge in [0.05, 0.1) is 6.20 Å². The molecule has 1 atom stereocenters. The quantitative estimate of drug-likeness (QED) is 0.861. The molecular weight excluding hydrogens is 286 g/mol. The smallest absolute Gasteiger partial charge is 0.258 e. The largest absolute Gasteiger partial charge is 0.266 e. The van der Waals surface area contributed by atoms with Crippen LogP contribution in [0.25, 0.3) is 0 Å². The Balaban J connectivity index is 2.08. The van der Waals surface area contributed by atoms with Gasteiger partial charge in [-0.15, -0.1) is 0 Å². The molecule has 2 aromatic rings. The molecule has 1 aromatic heterocycles. The van der Waals surface area contributed by atoms with Crippen molar-refractivity contribution in [3.63, 3.8) is 0 Å². The fourth-order valence-electron chi connectivity index (χ4n) is 2.17. The number of H-pyrrole nitrogens is 1. The number of aromatic nitrogens is 2. The molecule has 0 aliphatic carbocycles. The minimum absolute atomic E-state index is 0.0748. The first-order valence-electron chi connectivity index (χ1n) is 6.99. The summed E-state index contributed by atoms with van der Waals surface area (Å²) in [5.74, 6) is 0.604. The third kappa shape index (κ3) is 4.15. The van der Waals surface area contributed by atoms with E-state index in [1.807, 2.05) is 19.1 Å². The fraction of sp³-hybridized carbons (Fsp3) is 0.400. The van der Waals surface area contributed by atoms with Crippen LogP contribution in [0.5, 0.6) is 0 Å². The molecule has 0 spiro atoms. The van der Waals surface area contributed by atoms with Gasteiger partial charge in [0.15, 0.2) is 5.03 Å². The van der Waals surface area contributed by atoms with E-state index in [1.165, 1.54) is 17.8 Å². The van der Waals surface area contributed by atoms with Gasteiger partial charge in [-0.2, -0.15) is 5.10 Å². The molecule has 2 rings (SSSR count). The third-order valence-electron chi connectivity index (χ3n) is 3.22. The van der Waals surface area contributed by atoms with Crippen LogP contribution in [0.3, 0.4) is 0 Å². The van der Waals surface area contributed by atoms with E-state index < -0.39 is 10.0 Å². The first-order chi connectivity index (χ1) is 9.88. The highest BCUT2D eigenvalue weighted by Crippen LogP contribution is 2.17. The predicted octanol–water partition coefficient (Wildman–Crippen LogP) is 2.65. The molecule has 6 heteroatoms. The molecule has 1 aromatic carbocycles. The van der Waals surface area contributed by atoms with Crippen LogP contribution in [0.2, 0.25) is 0 Å². The van der Waals surface area contributed by atoms with Crippen LogP contribution < -0.4 is 4.72 Å². The van der Waals surface area contributed by atoms with Gasteiger partial charge in [-0.3, -0.25) is 5.10 Å². The van der Waals surface area contributed by atoms with Crippen LogP contribution in [0.1, 0.15) is 37.9 Å². The van der Waals surface area contributed by atoms with Gasteiger partial charge < -0.3 is 0 Å². The van der Waals surface area contributed by atoms with E-state index >= 15 is 0 Å². The normalized spacial score (nSPS) is 13.5. The molecule has 0 aliphatic heterocycles. The van der Waals surface area contributed by atoms with Crippen molar-refractivity contribution in [2.45, 2.75) is 38.3 Å². The molecule has 5 nitrogen and oxygen atoms in total. The first-order valence-corrected chi connectivity index (χ1v) is 8.47. The standard InChI is InChI=1S/C15H21N3O2S/c1-11(2)10-13-4-6-14(7-5-13)12(3)18-21(19,20)15-8-9-16-17-15/h4-9,11-12,18H,10H2,1-3H3,(H,16,17). The highest BCUT2D eigenvalue weighted by atomic mass is 32.2. The number of nitrogens with one attached hydrogen (secondary N) is 2. The number of hydrogen-bond donors (Lipinski definition) is 2. The Morgan fingerprint density at radius 2 is 1.81 bits per heavy atom. The summed E-state index contributed by atoms with van der Waals surface area (Å²) in [6.07, 6.45) is 2.44. The Morgan fingerprint density at radius 1 is 1.14 bits per heavy atom. The van der Waals surface area contributed by atoms with Crippen LogP contribution in [-0.2, 0) is 16.4 Å². The number of benzene rings is 1. The van der Waals surface area contributed by atoms with Crippen LogP contribution in [0.4, 0.5) is 0 Å². The maximum atomic E-state index is 12.1. The molecule has 1 heterocycles. The second-order valence-corrected chi connectivity index (χ2v) is 7.29. The Kier molecular flexibility index (Phi) is 4.80. The summed E-state index contributed by atoms with van der Waals surface area (Å²) in [5.41, 5.74) is 2.20. The Morgan fingerprint density at radius 3 is 2.33 bits per heavy atom. The summed E-state index contributed by atoms with van der Waals surface area (Å²) in [6.45, 7) is 6.18. The minimum Gasteiger partial charge on any atom is -0.266 e. The van der Waals surface area contributed by atoms with Crippen molar-refractivity contribution in [2.75, 3.05) is 0 Å². The molecule has 0 aliphatic rings. The predicted molar refractivity (Wildman–Crippen MR) is 82.3 cm³/mol. The van der Waals surface area contributed by atoms with Gasteiger partial charge in [-0.05, 0) is 36.5 Å². The average molecular weight is 307 g/mol. The zero-order valence-corrected chi connectivity index (χ0v) is 13.3. The lowest BCUT2D eigenvalue weighted by Crippen LogP contribution is -2.27. The van der Waals surface area contributed by atoms with Crippen molar-refractivity contribution in [1.82, 2.24) is 14.9 Å². The number of hydrogen-bond acceptors (Lipinski definition) is 3. The highest BCUT2D eigenvalue weighted by Gasteiger charge is 2.19. The molecule has 0 amide bonds. The minimum atomic E-state index is -3.56. The maximum Gasteiger partial charge on any atom is 0.258 e. The molecule has 0 fully saturated rings. The molecule has 0 radical (unpaired) electrons. The molecule has 0 saturated carbocycles. The Hall–Kier alpha value is -1.66. The SMILES string of the molecule is CC(C)Cc1ccc(C(C)NS(=O)(=O)c2ccn[nH]2)cc1. The van der Waals surface area contributed by atoms with E-state index in [0.717, 1.165) is 12.0 Å². The van der Waals surface area contributed by atoms with E-state index in [-0.39, 0.29) is 11.1 Å². The van der Waals surface area contributed by atoms with E-state index in [4.69, 9.17) is 0 Å². The van der Waals surface area contributed by atoms with E-state index in [0.29, 0.717) is 5.92 Å². The van der Waals surface area contributed by atoms with Crippen molar-refractivity contribution >= 4 is 10.0 Å². The van der Waals surface area contributed by atoms with Crippen LogP contribution in [0, 0.1) is 5.92 Å². The summed E-state index contributed by atoms with van der Waals surface area (Å²) >= 11 is 0. The summed E-state index contributed by atoms with van der Waals surface area (Å²) in [4.78, 5) is 0. The number of rotatable bonds is 6. The zero-order valence-electron chi connectivity index (χ0n) is 12.5. The van der Waals surface area contributed by atoms with Crippen molar-refractivity contribution in [2.24, 2.45) is 5.92 Å². The number of nitrogens with zero attached hydrogens (tertiary/aromatic N) is 1. The highest BCUT2D eigenvalue weighted by molar-refractivity contribution is 7.89. The van der Waals surface area contributed by atoms with Crippen LogP contribution in [0.15, 0.2) is 41.6 Å². The summed E-state index contributed by atoms with van der Waals surface area (Å²) in [7, 11) is -3.56. The monoisotopic (exact) mass is 307 g/mol. The molecule has 1 unspecified atom stereocenters. The lowest BCUT2D eigenvalue weighted by molar-refractivity contribution is 0.562. The molecule has 21 heavy (non-hydrogen) atoms. The van der Waals surface area contributed by atoms with Gasteiger partial charge in [0.1, 0.15) is 0 Å². The second-order valence-electron chi connectivity index (χ2n) is 5.60. The maximum absolute atomic E-state index is 12.1. The summed E-state index contributed by atoms with van der Waals surface area (Å²) in [5, 5.41) is 6.20. The van der Waals surface area contributed by atoms with E-state index in [9.17, 15) is 8.42 Å². The van der Waals surface area contributed by atoms with Gasteiger partial charge in [0.2, 0.25) is 0 Å². The lowest BCUT2D eigenvalue weighted by Gasteiger charge is -2.14. The van der Waals surface area contributed by atoms with Gasteiger partial charge in [0, 0.05) is 6.04 Å². The molecule has 0 saturated heterocycles. The Bertz CT molecular complexity index is 661. The van der Waals surface area contributed by atoms with Crippen molar-refractivity contribution < 1.29 is 8.42 Å². The number of sulfonamides is 1. The summed E-state index contributed by atoms with van der Waals surface area (Å²) < 4.78 is 26.9. The van der Waals surface area contributed by atoms with Gasteiger partial charge >= 0.3 is 0 Å². The fourth-order valence-corrected chi connectivity index (χ4v) is 3.31. The van der Waals surface area contributed by atoms with Crippen LogP contribution >= 0.6 is 0 Å². The summed E-state index contributed by atoms with van der Waals surface area (Å²) in [6, 6.07) is 9.18. The second kappa shape index (κ2) is 6.41. The third-order valence-corrected chi connectivity index (χ3v) is 4.69. The zero-order chi connectivity index (χ0) is 15.5. The lowest BCUT2D eigenvalue weighted by atomic mass is 10.0.